The summed E-state index contributed by atoms with van der Waals surface area (Å²) in [7, 11) is 2.06. The van der Waals surface area contributed by atoms with Gasteiger partial charge in [-0.05, 0) is 30.5 Å². The summed E-state index contributed by atoms with van der Waals surface area (Å²) in [6.45, 7) is 8.39. The molecule has 3 rings (SSSR count). The highest BCUT2D eigenvalue weighted by Gasteiger charge is 2.26. The predicted molar refractivity (Wildman–Crippen MR) is 107 cm³/mol. The van der Waals surface area contributed by atoms with Gasteiger partial charge in [0.2, 0.25) is 0 Å². The number of rotatable bonds is 5. The van der Waals surface area contributed by atoms with Gasteiger partial charge in [-0.25, -0.2) is 0 Å². The van der Waals surface area contributed by atoms with E-state index in [-0.39, 0.29) is 12.4 Å². The number of aryl methyl sites for hydroxylation is 2. The van der Waals surface area contributed by atoms with Crippen molar-refractivity contribution in [2.45, 2.75) is 39.3 Å². The summed E-state index contributed by atoms with van der Waals surface area (Å²) < 4.78 is 2.06. The Hall–Kier alpha value is -1.07. The molecule has 138 valence electrons. The van der Waals surface area contributed by atoms with Crippen LogP contribution < -0.4 is 5.32 Å². The van der Waals surface area contributed by atoms with E-state index < -0.39 is 0 Å². The first kappa shape index (κ1) is 20.2. The average Bonchev–Trinajstić information content (AvgIpc) is 2.90. The Kier molecular flexibility index (Phi) is 7.32. The number of hydrogen-bond acceptors (Lipinski definition) is 3. The molecule has 1 saturated heterocycles. The quantitative estimate of drug-likeness (QED) is 0.854. The van der Waals surface area contributed by atoms with Crippen LogP contribution in [0.5, 0.6) is 0 Å². The average molecular weight is 383 g/mol. The van der Waals surface area contributed by atoms with Gasteiger partial charge in [-0.2, -0.15) is 5.10 Å². The highest BCUT2D eigenvalue weighted by Crippen LogP contribution is 2.28. The van der Waals surface area contributed by atoms with E-state index >= 15 is 0 Å². The van der Waals surface area contributed by atoms with Crippen molar-refractivity contribution < 1.29 is 0 Å². The lowest BCUT2D eigenvalue weighted by atomic mass is 10.0. The number of nitrogens with zero attached hydrogens (tertiary/aromatic N) is 3. The van der Waals surface area contributed by atoms with Crippen molar-refractivity contribution in [3.8, 4) is 0 Å². The van der Waals surface area contributed by atoms with Gasteiger partial charge in [0.15, 0.2) is 0 Å². The number of benzene rings is 1. The van der Waals surface area contributed by atoms with Gasteiger partial charge in [0.05, 0.1) is 5.69 Å². The molecule has 2 heterocycles. The molecular formula is C19H28Cl2N4. The fraction of sp³-hybridized carbons (Fsp3) is 0.526. The van der Waals surface area contributed by atoms with Gasteiger partial charge in [0, 0.05) is 55.5 Å². The molecule has 1 atom stereocenters. The summed E-state index contributed by atoms with van der Waals surface area (Å²) in [6, 6.07) is 8.62. The number of halogens is 2. The summed E-state index contributed by atoms with van der Waals surface area (Å²) in [4.78, 5) is 2.57. The SMILES string of the molecule is CCc1nn(C)c(CC)c1CN1CCNCC1c1cccc(Cl)c1.Cl. The van der Waals surface area contributed by atoms with Crippen molar-refractivity contribution >= 4 is 24.0 Å². The molecule has 25 heavy (non-hydrogen) atoms. The van der Waals surface area contributed by atoms with E-state index in [1.54, 1.807) is 0 Å². The predicted octanol–water partition coefficient (Wildman–Crippen LogP) is 3.77. The second kappa shape index (κ2) is 9.04. The summed E-state index contributed by atoms with van der Waals surface area (Å²) in [6.07, 6.45) is 2.00. The molecule has 1 aliphatic heterocycles. The monoisotopic (exact) mass is 382 g/mol. The van der Waals surface area contributed by atoms with Gasteiger partial charge in [-0.3, -0.25) is 9.58 Å². The van der Waals surface area contributed by atoms with E-state index in [1.165, 1.54) is 22.5 Å². The van der Waals surface area contributed by atoms with E-state index in [2.05, 4.69) is 47.9 Å². The van der Waals surface area contributed by atoms with Crippen molar-refractivity contribution in [2.24, 2.45) is 7.05 Å². The zero-order valence-electron chi connectivity index (χ0n) is 15.3. The minimum Gasteiger partial charge on any atom is -0.314 e. The number of piperazine rings is 1. The lowest BCUT2D eigenvalue weighted by molar-refractivity contribution is 0.153. The van der Waals surface area contributed by atoms with Crippen molar-refractivity contribution in [3.05, 3.63) is 51.8 Å². The van der Waals surface area contributed by atoms with Gasteiger partial charge in [-0.1, -0.05) is 37.6 Å². The first-order valence-electron chi connectivity index (χ1n) is 8.87. The third-order valence-electron chi connectivity index (χ3n) is 4.98. The molecule has 2 aromatic rings. The Morgan fingerprint density at radius 2 is 2.08 bits per heavy atom. The lowest BCUT2D eigenvalue weighted by Gasteiger charge is -2.36. The van der Waals surface area contributed by atoms with E-state index in [0.29, 0.717) is 6.04 Å². The van der Waals surface area contributed by atoms with Gasteiger partial charge < -0.3 is 5.32 Å². The van der Waals surface area contributed by atoms with Crippen molar-refractivity contribution in [1.82, 2.24) is 20.0 Å². The molecule has 1 aromatic heterocycles. The Balaban J connectivity index is 0.00000225. The topological polar surface area (TPSA) is 33.1 Å². The summed E-state index contributed by atoms with van der Waals surface area (Å²) in [5, 5.41) is 9.06. The molecule has 0 radical (unpaired) electrons. The van der Waals surface area contributed by atoms with E-state index in [9.17, 15) is 0 Å². The maximum atomic E-state index is 6.22. The lowest BCUT2D eigenvalue weighted by Crippen LogP contribution is -2.45. The molecule has 1 fully saturated rings. The molecule has 4 nitrogen and oxygen atoms in total. The first-order chi connectivity index (χ1) is 11.6. The third kappa shape index (κ3) is 4.37. The standard InChI is InChI=1S/C19H27ClN4.ClH/c1-4-17-16(18(5-2)23(3)22-17)13-24-10-9-21-12-19(24)14-7-6-8-15(20)11-14;/h6-8,11,19,21H,4-5,9-10,12-13H2,1-3H3;1H. The van der Waals surface area contributed by atoms with Crippen molar-refractivity contribution in [1.29, 1.82) is 0 Å². The molecule has 1 unspecified atom stereocenters. The Bertz CT molecular complexity index is 699. The number of nitrogens with one attached hydrogen (secondary N) is 1. The second-order valence-corrected chi connectivity index (χ2v) is 6.88. The molecule has 1 N–H and O–H groups in total. The summed E-state index contributed by atoms with van der Waals surface area (Å²) in [5.74, 6) is 0. The number of aromatic nitrogens is 2. The van der Waals surface area contributed by atoms with E-state index in [1.807, 2.05) is 12.1 Å². The van der Waals surface area contributed by atoms with Crippen molar-refractivity contribution in [2.75, 3.05) is 19.6 Å². The van der Waals surface area contributed by atoms with Crippen LogP contribution in [0, 0.1) is 0 Å². The number of hydrogen-bond donors (Lipinski definition) is 1. The Morgan fingerprint density at radius 1 is 1.28 bits per heavy atom. The molecule has 6 heteroatoms. The summed E-state index contributed by atoms with van der Waals surface area (Å²) >= 11 is 6.22. The molecule has 0 spiro atoms. The van der Waals surface area contributed by atoms with Crippen LogP contribution in [0.4, 0.5) is 0 Å². The minimum atomic E-state index is 0. The van der Waals surface area contributed by atoms with Gasteiger partial charge in [-0.15, -0.1) is 12.4 Å². The Labute approximate surface area is 162 Å². The van der Waals surface area contributed by atoms with Gasteiger partial charge >= 0.3 is 0 Å². The van der Waals surface area contributed by atoms with Crippen LogP contribution in [0.15, 0.2) is 24.3 Å². The molecule has 1 aliphatic rings. The molecule has 0 aliphatic carbocycles. The Morgan fingerprint density at radius 3 is 2.76 bits per heavy atom. The second-order valence-electron chi connectivity index (χ2n) is 6.45. The fourth-order valence-corrected chi connectivity index (χ4v) is 3.95. The van der Waals surface area contributed by atoms with E-state index in [4.69, 9.17) is 16.7 Å². The normalized spacial score (nSPS) is 18.2. The largest absolute Gasteiger partial charge is 0.314 e. The highest BCUT2D eigenvalue weighted by atomic mass is 35.5. The molecule has 1 aromatic carbocycles. The van der Waals surface area contributed by atoms with Crippen LogP contribution in [-0.4, -0.2) is 34.3 Å². The van der Waals surface area contributed by atoms with Crippen LogP contribution in [0.3, 0.4) is 0 Å². The fourth-order valence-electron chi connectivity index (χ4n) is 3.75. The molecule has 0 amide bonds. The smallest absolute Gasteiger partial charge is 0.0669 e. The van der Waals surface area contributed by atoms with Crippen LogP contribution >= 0.6 is 24.0 Å². The third-order valence-corrected chi connectivity index (χ3v) is 5.21. The van der Waals surface area contributed by atoms with Crippen molar-refractivity contribution in [3.63, 3.8) is 0 Å². The zero-order chi connectivity index (χ0) is 17.1. The zero-order valence-corrected chi connectivity index (χ0v) is 16.8. The van der Waals surface area contributed by atoms with Crippen LogP contribution in [0.2, 0.25) is 5.02 Å². The van der Waals surface area contributed by atoms with Crippen LogP contribution in [0.25, 0.3) is 0 Å². The highest BCUT2D eigenvalue weighted by molar-refractivity contribution is 6.30. The van der Waals surface area contributed by atoms with Gasteiger partial charge in [0.25, 0.3) is 0 Å². The summed E-state index contributed by atoms with van der Waals surface area (Å²) in [5.41, 5.74) is 5.29. The van der Waals surface area contributed by atoms with Crippen LogP contribution in [-0.2, 0) is 26.4 Å². The molecule has 0 bridgehead atoms. The van der Waals surface area contributed by atoms with E-state index in [0.717, 1.165) is 44.0 Å². The van der Waals surface area contributed by atoms with Gasteiger partial charge in [0.1, 0.15) is 0 Å². The molecule has 0 saturated carbocycles. The minimum absolute atomic E-state index is 0. The maximum Gasteiger partial charge on any atom is 0.0669 e. The van der Waals surface area contributed by atoms with Crippen LogP contribution in [0.1, 0.15) is 42.4 Å². The first-order valence-corrected chi connectivity index (χ1v) is 9.25. The molecular weight excluding hydrogens is 355 g/mol. The maximum absolute atomic E-state index is 6.22.